The summed E-state index contributed by atoms with van der Waals surface area (Å²) in [6.45, 7) is 0.410. The summed E-state index contributed by atoms with van der Waals surface area (Å²) in [5.74, 6) is 4.40. The van der Waals surface area contributed by atoms with E-state index >= 15 is 0 Å². The normalized spacial score (nSPS) is 10.4. The number of anilines is 1. The first kappa shape index (κ1) is 13.7. The molecule has 5 heteroatoms. The zero-order chi connectivity index (χ0) is 13.4. The van der Waals surface area contributed by atoms with Gasteiger partial charge in [-0.3, -0.25) is 4.99 Å². The Morgan fingerprint density at radius 3 is 2.61 bits per heavy atom. The van der Waals surface area contributed by atoms with E-state index in [9.17, 15) is 0 Å². The summed E-state index contributed by atoms with van der Waals surface area (Å²) in [6.07, 6.45) is 5.18. The second-order valence-electron chi connectivity index (χ2n) is 3.32. The lowest BCUT2D eigenvalue weighted by molar-refractivity contribution is 0.355. The second-order valence-corrected chi connectivity index (χ2v) is 3.32. The van der Waals surface area contributed by atoms with Crippen molar-refractivity contribution in [2.45, 2.75) is 0 Å². The molecule has 18 heavy (non-hydrogen) atoms. The molecule has 0 aliphatic rings. The van der Waals surface area contributed by atoms with Crippen molar-refractivity contribution in [3.63, 3.8) is 0 Å². The van der Waals surface area contributed by atoms with E-state index in [-0.39, 0.29) is 0 Å². The highest BCUT2D eigenvalue weighted by atomic mass is 16.5. The Labute approximate surface area is 107 Å². The topological polar surface area (TPSA) is 54.9 Å². The number of guanidine groups is 1. The number of terminal acetylenes is 1. The van der Waals surface area contributed by atoms with Gasteiger partial charge in [0, 0.05) is 18.8 Å². The van der Waals surface area contributed by atoms with Gasteiger partial charge >= 0.3 is 0 Å². The van der Waals surface area contributed by atoms with E-state index in [2.05, 4.69) is 21.5 Å². The van der Waals surface area contributed by atoms with Gasteiger partial charge in [-0.2, -0.15) is 0 Å². The van der Waals surface area contributed by atoms with Crippen LogP contribution < -0.4 is 20.1 Å². The fourth-order valence-corrected chi connectivity index (χ4v) is 1.36. The summed E-state index contributed by atoms with van der Waals surface area (Å²) in [6, 6.07) is 5.50. The third kappa shape index (κ3) is 3.59. The minimum absolute atomic E-state index is 0.410. The molecule has 0 saturated heterocycles. The zero-order valence-electron chi connectivity index (χ0n) is 10.8. The van der Waals surface area contributed by atoms with E-state index in [0.29, 0.717) is 24.0 Å². The van der Waals surface area contributed by atoms with Crippen molar-refractivity contribution in [2.75, 3.05) is 33.1 Å². The minimum atomic E-state index is 0.410. The van der Waals surface area contributed by atoms with Crippen LogP contribution in [0, 0.1) is 12.3 Å². The highest BCUT2D eigenvalue weighted by Crippen LogP contribution is 2.29. The summed E-state index contributed by atoms with van der Waals surface area (Å²) >= 11 is 0. The van der Waals surface area contributed by atoms with Gasteiger partial charge in [0.25, 0.3) is 0 Å². The molecular formula is C13H17N3O2. The third-order valence-corrected chi connectivity index (χ3v) is 2.23. The molecule has 0 aliphatic heterocycles. The molecule has 5 nitrogen and oxygen atoms in total. The largest absolute Gasteiger partial charge is 0.493 e. The van der Waals surface area contributed by atoms with Gasteiger partial charge in [0.15, 0.2) is 17.5 Å². The van der Waals surface area contributed by atoms with Crippen molar-refractivity contribution in [1.82, 2.24) is 5.32 Å². The van der Waals surface area contributed by atoms with Crippen molar-refractivity contribution < 1.29 is 9.47 Å². The van der Waals surface area contributed by atoms with Crippen molar-refractivity contribution in [1.29, 1.82) is 0 Å². The Bertz CT molecular complexity index is 464. The van der Waals surface area contributed by atoms with Crippen LogP contribution >= 0.6 is 0 Å². The number of methoxy groups -OCH3 is 2. The Hall–Kier alpha value is -2.35. The van der Waals surface area contributed by atoms with Crippen LogP contribution in [0.3, 0.4) is 0 Å². The predicted octanol–water partition coefficient (Wildman–Crippen LogP) is 1.32. The number of hydrogen-bond donors (Lipinski definition) is 2. The average Bonchev–Trinajstić information content (AvgIpc) is 2.43. The molecule has 0 aliphatic carbocycles. The van der Waals surface area contributed by atoms with Crippen molar-refractivity contribution in [3.8, 4) is 23.8 Å². The molecule has 1 aromatic rings. The highest BCUT2D eigenvalue weighted by molar-refractivity contribution is 5.94. The number of nitrogens with one attached hydrogen (secondary N) is 2. The summed E-state index contributed by atoms with van der Waals surface area (Å²) in [5.41, 5.74) is 0.831. The summed E-state index contributed by atoms with van der Waals surface area (Å²) < 4.78 is 10.4. The lowest BCUT2D eigenvalue weighted by atomic mass is 10.3. The SMILES string of the molecule is C#CCNC(=NC)Nc1ccc(OC)c(OC)c1. The maximum Gasteiger partial charge on any atom is 0.196 e. The fourth-order valence-electron chi connectivity index (χ4n) is 1.36. The Kier molecular flexibility index (Phi) is 5.39. The molecular weight excluding hydrogens is 230 g/mol. The first-order valence-corrected chi connectivity index (χ1v) is 5.38. The molecule has 0 bridgehead atoms. The number of ether oxygens (including phenoxy) is 2. The number of aliphatic imine (C=N–C) groups is 1. The van der Waals surface area contributed by atoms with E-state index < -0.39 is 0 Å². The smallest absolute Gasteiger partial charge is 0.196 e. The molecule has 0 radical (unpaired) electrons. The van der Waals surface area contributed by atoms with Crippen LogP contribution in [0.15, 0.2) is 23.2 Å². The zero-order valence-corrected chi connectivity index (χ0v) is 10.8. The van der Waals surface area contributed by atoms with Gasteiger partial charge in [-0.25, -0.2) is 0 Å². The van der Waals surface area contributed by atoms with E-state index in [1.54, 1.807) is 21.3 Å². The molecule has 0 atom stereocenters. The average molecular weight is 247 g/mol. The number of benzene rings is 1. The standard InChI is InChI=1S/C13H17N3O2/c1-5-8-15-13(14-2)16-10-6-7-11(17-3)12(9-10)18-4/h1,6-7,9H,8H2,2-4H3,(H2,14,15,16). The number of nitrogens with zero attached hydrogens (tertiary/aromatic N) is 1. The Morgan fingerprint density at radius 2 is 2.06 bits per heavy atom. The quantitative estimate of drug-likeness (QED) is 0.479. The van der Waals surface area contributed by atoms with Crippen molar-refractivity contribution in [3.05, 3.63) is 18.2 Å². The summed E-state index contributed by atoms with van der Waals surface area (Å²) in [5, 5.41) is 6.06. The Balaban J connectivity index is 2.81. The molecule has 1 aromatic carbocycles. The second kappa shape index (κ2) is 7.07. The van der Waals surface area contributed by atoms with Gasteiger partial charge in [-0.05, 0) is 12.1 Å². The molecule has 2 N–H and O–H groups in total. The predicted molar refractivity (Wildman–Crippen MR) is 73.4 cm³/mol. The summed E-state index contributed by atoms with van der Waals surface area (Å²) in [4.78, 5) is 4.05. The lowest BCUT2D eigenvalue weighted by Crippen LogP contribution is -2.30. The molecule has 0 heterocycles. The van der Waals surface area contributed by atoms with Gasteiger partial charge in [0.1, 0.15) is 0 Å². The molecule has 1 rings (SSSR count). The van der Waals surface area contributed by atoms with E-state index in [4.69, 9.17) is 15.9 Å². The monoisotopic (exact) mass is 247 g/mol. The molecule has 0 saturated carbocycles. The van der Waals surface area contributed by atoms with Gasteiger partial charge < -0.3 is 20.1 Å². The van der Waals surface area contributed by atoms with E-state index in [1.165, 1.54) is 0 Å². The highest BCUT2D eigenvalue weighted by Gasteiger charge is 2.05. The van der Waals surface area contributed by atoms with Crippen LogP contribution in [-0.2, 0) is 0 Å². The van der Waals surface area contributed by atoms with Gasteiger partial charge in [-0.1, -0.05) is 5.92 Å². The molecule has 96 valence electrons. The van der Waals surface area contributed by atoms with Crippen LogP contribution in [0.25, 0.3) is 0 Å². The number of hydrogen-bond acceptors (Lipinski definition) is 3. The minimum Gasteiger partial charge on any atom is -0.493 e. The van der Waals surface area contributed by atoms with Crippen LogP contribution in [0.1, 0.15) is 0 Å². The molecule has 0 aromatic heterocycles. The first-order chi connectivity index (χ1) is 8.74. The van der Waals surface area contributed by atoms with Crippen LogP contribution in [0.2, 0.25) is 0 Å². The third-order valence-electron chi connectivity index (χ3n) is 2.23. The maximum absolute atomic E-state index is 5.22. The van der Waals surface area contributed by atoms with Gasteiger partial charge in [0.05, 0.1) is 20.8 Å². The van der Waals surface area contributed by atoms with Crippen LogP contribution in [-0.4, -0.2) is 33.8 Å². The fraction of sp³-hybridized carbons (Fsp3) is 0.308. The van der Waals surface area contributed by atoms with Gasteiger partial charge in [0.2, 0.25) is 0 Å². The van der Waals surface area contributed by atoms with Gasteiger partial charge in [-0.15, -0.1) is 6.42 Å². The molecule has 0 unspecified atom stereocenters. The number of rotatable bonds is 4. The molecule has 0 amide bonds. The maximum atomic E-state index is 5.22. The Morgan fingerprint density at radius 1 is 1.33 bits per heavy atom. The molecule has 0 spiro atoms. The lowest BCUT2D eigenvalue weighted by Gasteiger charge is -2.12. The first-order valence-electron chi connectivity index (χ1n) is 5.38. The van der Waals surface area contributed by atoms with Crippen LogP contribution in [0.5, 0.6) is 11.5 Å². The van der Waals surface area contributed by atoms with Crippen molar-refractivity contribution >= 4 is 11.6 Å². The molecule has 0 fully saturated rings. The van der Waals surface area contributed by atoms with Crippen LogP contribution in [0.4, 0.5) is 5.69 Å². The van der Waals surface area contributed by atoms with E-state index in [0.717, 1.165) is 5.69 Å². The van der Waals surface area contributed by atoms with Crippen molar-refractivity contribution in [2.24, 2.45) is 4.99 Å². The summed E-state index contributed by atoms with van der Waals surface area (Å²) in [7, 11) is 4.86. The van der Waals surface area contributed by atoms with E-state index in [1.807, 2.05) is 18.2 Å².